The van der Waals surface area contributed by atoms with Crippen LogP contribution in [0.1, 0.15) is 33.2 Å². The molecule has 0 fully saturated rings. The molecule has 3 aromatic rings. The summed E-state index contributed by atoms with van der Waals surface area (Å²) in [4.78, 5) is 20.3. The molecule has 1 heterocycles. The highest BCUT2D eigenvalue weighted by Gasteiger charge is 2.19. The van der Waals surface area contributed by atoms with Crippen LogP contribution in [0.2, 0.25) is 0 Å². The fourth-order valence-corrected chi connectivity index (χ4v) is 2.49. The van der Waals surface area contributed by atoms with Crippen LogP contribution in [-0.2, 0) is 4.74 Å². The predicted molar refractivity (Wildman–Crippen MR) is 87.2 cm³/mol. The Morgan fingerprint density at radius 1 is 0.870 bits per heavy atom. The third-order valence-corrected chi connectivity index (χ3v) is 3.62. The minimum atomic E-state index is -0.437. The van der Waals surface area contributed by atoms with Crippen molar-refractivity contribution in [2.45, 2.75) is 5.92 Å². The van der Waals surface area contributed by atoms with Gasteiger partial charge in [-0.25, -0.2) is 14.8 Å². The standard InChI is InChI=1S/C19H16N2O2/c1-23-19(22)16-12-20-18(21-13-16)17(14-8-4-2-5-9-14)15-10-6-3-7-11-15/h2-13,17H,1H3. The molecule has 0 unspecified atom stereocenters. The lowest BCUT2D eigenvalue weighted by Gasteiger charge is -2.16. The van der Waals surface area contributed by atoms with Crippen LogP contribution in [0.4, 0.5) is 0 Å². The van der Waals surface area contributed by atoms with E-state index in [1.165, 1.54) is 19.5 Å². The molecule has 0 aliphatic heterocycles. The van der Waals surface area contributed by atoms with Gasteiger partial charge in [0.1, 0.15) is 5.82 Å². The van der Waals surface area contributed by atoms with Gasteiger partial charge in [-0.2, -0.15) is 0 Å². The molecule has 0 bridgehead atoms. The van der Waals surface area contributed by atoms with Crippen molar-refractivity contribution in [1.82, 2.24) is 9.97 Å². The maximum absolute atomic E-state index is 11.5. The minimum absolute atomic E-state index is 0.0795. The summed E-state index contributed by atoms with van der Waals surface area (Å²) in [5, 5.41) is 0. The lowest BCUT2D eigenvalue weighted by molar-refractivity contribution is 0.0599. The predicted octanol–water partition coefficient (Wildman–Crippen LogP) is 3.44. The second-order valence-electron chi connectivity index (χ2n) is 5.08. The molecule has 4 nitrogen and oxygen atoms in total. The van der Waals surface area contributed by atoms with Crippen molar-refractivity contribution in [2.75, 3.05) is 7.11 Å². The van der Waals surface area contributed by atoms with Gasteiger partial charge in [-0.05, 0) is 11.1 Å². The Morgan fingerprint density at radius 3 is 1.78 bits per heavy atom. The molecule has 0 N–H and O–H groups in total. The number of methoxy groups -OCH3 is 1. The van der Waals surface area contributed by atoms with Crippen LogP contribution in [-0.4, -0.2) is 23.0 Å². The maximum Gasteiger partial charge on any atom is 0.341 e. The van der Waals surface area contributed by atoms with Crippen LogP contribution in [0.3, 0.4) is 0 Å². The van der Waals surface area contributed by atoms with Gasteiger partial charge < -0.3 is 4.74 Å². The van der Waals surface area contributed by atoms with E-state index in [1.807, 2.05) is 36.4 Å². The molecule has 4 heteroatoms. The number of carbonyl (C=O) groups is 1. The lowest BCUT2D eigenvalue weighted by Crippen LogP contribution is -2.10. The zero-order chi connectivity index (χ0) is 16.1. The molecule has 0 aliphatic carbocycles. The van der Waals surface area contributed by atoms with Gasteiger partial charge in [0.05, 0.1) is 18.6 Å². The van der Waals surface area contributed by atoms with Crippen molar-refractivity contribution in [2.24, 2.45) is 0 Å². The molecule has 3 rings (SSSR count). The van der Waals surface area contributed by atoms with Crippen LogP contribution in [0.25, 0.3) is 0 Å². The van der Waals surface area contributed by atoms with Gasteiger partial charge >= 0.3 is 5.97 Å². The quantitative estimate of drug-likeness (QED) is 0.693. The second kappa shape index (κ2) is 6.83. The van der Waals surface area contributed by atoms with E-state index in [-0.39, 0.29) is 5.92 Å². The van der Waals surface area contributed by atoms with Crippen LogP contribution in [0.5, 0.6) is 0 Å². The van der Waals surface area contributed by atoms with Crippen molar-refractivity contribution < 1.29 is 9.53 Å². The largest absolute Gasteiger partial charge is 0.465 e. The van der Waals surface area contributed by atoms with Gasteiger partial charge in [-0.3, -0.25) is 0 Å². The monoisotopic (exact) mass is 304 g/mol. The highest BCUT2D eigenvalue weighted by Crippen LogP contribution is 2.29. The smallest absolute Gasteiger partial charge is 0.341 e. The Morgan fingerprint density at radius 2 is 1.35 bits per heavy atom. The Hall–Kier alpha value is -3.01. The van der Waals surface area contributed by atoms with Crippen molar-refractivity contribution in [3.63, 3.8) is 0 Å². The average Bonchev–Trinajstić information content (AvgIpc) is 2.64. The lowest BCUT2D eigenvalue weighted by atomic mass is 9.90. The number of hydrogen-bond donors (Lipinski definition) is 0. The number of rotatable bonds is 4. The number of carbonyl (C=O) groups excluding carboxylic acids is 1. The highest BCUT2D eigenvalue weighted by atomic mass is 16.5. The average molecular weight is 304 g/mol. The van der Waals surface area contributed by atoms with Crippen molar-refractivity contribution in [1.29, 1.82) is 0 Å². The van der Waals surface area contributed by atoms with E-state index >= 15 is 0 Å². The number of aromatic nitrogens is 2. The van der Waals surface area contributed by atoms with Gasteiger partial charge in [0.15, 0.2) is 0 Å². The van der Waals surface area contributed by atoms with E-state index < -0.39 is 5.97 Å². The van der Waals surface area contributed by atoms with Crippen molar-refractivity contribution >= 4 is 5.97 Å². The normalized spacial score (nSPS) is 10.5. The highest BCUT2D eigenvalue weighted by molar-refractivity contribution is 5.88. The van der Waals surface area contributed by atoms with Gasteiger partial charge in [0.25, 0.3) is 0 Å². The molecule has 2 aromatic carbocycles. The first-order valence-electron chi connectivity index (χ1n) is 7.29. The molecule has 0 saturated heterocycles. The molecular weight excluding hydrogens is 288 g/mol. The number of ether oxygens (including phenoxy) is 1. The summed E-state index contributed by atoms with van der Waals surface area (Å²) in [6.07, 6.45) is 3.01. The summed E-state index contributed by atoms with van der Waals surface area (Å²) in [6.45, 7) is 0. The van der Waals surface area contributed by atoms with E-state index in [0.29, 0.717) is 11.4 Å². The Bertz CT molecular complexity index is 732. The van der Waals surface area contributed by atoms with Gasteiger partial charge in [-0.15, -0.1) is 0 Å². The van der Waals surface area contributed by atoms with Crippen LogP contribution in [0, 0.1) is 0 Å². The number of nitrogens with zero attached hydrogens (tertiary/aromatic N) is 2. The first-order chi connectivity index (χ1) is 11.3. The van der Waals surface area contributed by atoms with E-state index in [2.05, 4.69) is 39.0 Å². The number of benzene rings is 2. The minimum Gasteiger partial charge on any atom is -0.465 e. The van der Waals surface area contributed by atoms with Gasteiger partial charge in [0.2, 0.25) is 0 Å². The van der Waals surface area contributed by atoms with Gasteiger partial charge in [-0.1, -0.05) is 60.7 Å². The molecule has 0 amide bonds. The summed E-state index contributed by atoms with van der Waals surface area (Å²) in [5.41, 5.74) is 2.55. The zero-order valence-corrected chi connectivity index (χ0v) is 12.7. The van der Waals surface area contributed by atoms with Crippen molar-refractivity contribution in [3.8, 4) is 0 Å². The van der Waals surface area contributed by atoms with E-state index in [4.69, 9.17) is 0 Å². The molecule has 1 aromatic heterocycles. The van der Waals surface area contributed by atoms with E-state index in [9.17, 15) is 4.79 Å². The Balaban J connectivity index is 2.04. The van der Waals surface area contributed by atoms with Crippen LogP contribution >= 0.6 is 0 Å². The summed E-state index contributed by atoms with van der Waals surface area (Å²) in [7, 11) is 1.34. The molecule has 0 radical (unpaired) electrons. The van der Waals surface area contributed by atoms with E-state index in [0.717, 1.165) is 11.1 Å². The number of esters is 1. The summed E-state index contributed by atoms with van der Waals surface area (Å²) in [6, 6.07) is 20.1. The molecule has 0 spiro atoms. The zero-order valence-electron chi connectivity index (χ0n) is 12.7. The Kier molecular flexibility index (Phi) is 4.43. The Labute approximate surface area is 134 Å². The molecule has 0 atom stereocenters. The van der Waals surface area contributed by atoms with E-state index in [1.54, 1.807) is 0 Å². The van der Waals surface area contributed by atoms with Crippen LogP contribution < -0.4 is 0 Å². The summed E-state index contributed by atoms with van der Waals surface area (Å²) >= 11 is 0. The third-order valence-electron chi connectivity index (χ3n) is 3.62. The second-order valence-corrected chi connectivity index (χ2v) is 5.08. The molecular formula is C19H16N2O2. The molecule has 0 saturated carbocycles. The fraction of sp³-hybridized carbons (Fsp3) is 0.105. The number of hydrogen-bond acceptors (Lipinski definition) is 4. The van der Waals surface area contributed by atoms with Crippen molar-refractivity contribution in [3.05, 3.63) is 95.6 Å². The SMILES string of the molecule is COC(=O)c1cnc(C(c2ccccc2)c2ccccc2)nc1. The third kappa shape index (κ3) is 3.26. The summed E-state index contributed by atoms with van der Waals surface area (Å²) in [5.74, 6) is 0.131. The molecule has 114 valence electrons. The molecule has 0 aliphatic rings. The van der Waals surface area contributed by atoms with Crippen LogP contribution in [0.15, 0.2) is 73.1 Å². The topological polar surface area (TPSA) is 52.1 Å². The summed E-state index contributed by atoms with van der Waals surface area (Å²) < 4.78 is 4.69. The first kappa shape index (κ1) is 14.9. The fourth-order valence-electron chi connectivity index (χ4n) is 2.49. The van der Waals surface area contributed by atoms with Gasteiger partial charge in [0, 0.05) is 12.4 Å². The maximum atomic E-state index is 11.5. The first-order valence-corrected chi connectivity index (χ1v) is 7.29. The molecule has 23 heavy (non-hydrogen) atoms.